The molecule has 2 aliphatic rings. The van der Waals surface area contributed by atoms with Crippen molar-refractivity contribution in [3.63, 3.8) is 0 Å². The van der Waals surface area contributed by atoms with Gasteiger partial charge in [0.05, 0.1) is 5.69 Å². The van der Waals surface area contributed by atoms with Gasteiger partial charge in [-0.1, -0.05) is 0 Å². The smallest absolute Gasteiger partial charge is 0.166 e. The molecule has 2 aliphatic heterocycles. The Morgan fingerprint density at radius 3 is 2.25 bits per heavy atom. The zero-order chi connectivity index (χ0) is 19.5. The Morgan fingerprint density at radius 2 is 1.57 bits per heavy atom. The molecule has 0 aromatic heterocycles. The number of phenolic OH excluding ortho intramolecular Hbond substituents is 1. The second-order valence-corrected chi connectivity index (χ2v) is 7.85. The van der Waals surface area contributed by atoms with Gasteiger partial charge < -0.3 is 14.9 Å². The van der Waals surface area contributed by atoms with E-state index in [4.69, 9.17) is 0 Å². The second kappa shape index (κ2) is 8.21. The fourth-order valence-corrected chi connectivity index (χ4v) is 4.35. The number of hydrogen-bond donors (Lipinski definition) is 1. The van der Waals surface area contributed by atoms with Crippen molar-refractivity contribution in [1.82, 2.24) is 0 Å². The zero-order valence-corrected chi connectivity index (χ0v) is 16.1. The maximum absolute atomic E-state index is 13.1. The summed E-state index contributed by atoms with van der Waals surface area (Å²) in [5, 5.41) is 10.4. The van der Waals surface area contributed by atoms with Gasteiger partial charge in [-0.2, -0.15) is 0 Å². The van der Waals surface area contributed by atoms with Gasteiger partial charge in [-0.25, -0.2) is 4.39 Å². The van der Waals surface area contributed by atoms with Crippen molar-refractivity contribution < 1.29 is 14.3 Å². The van der Waals surface area contributed by atoms with Crippen LogP contribution >= 0.6 is 0 Å². The molecule has 2 aromatic carbocycles. The van der Waals surface area contributed by atoms with E-state index in [2.05, 4.69) is 15.9 Å². The van der Waals surface area contributed by atoms with E-state index in [1.807, 2.05) is 6.07 Å². The Labute approximate surface area is 165 Å². The van der Waals surface area contributed by atoms with E-state index < -0.39 is 0 Å². The van der Waals surface area contributed by atoms with Crippen LogP contribution in [0.15, 0.2) is 42.5 Å². The number of ketones is 1. The second-order valence-electron chi connectivity index (χ2n) is 7.85. The van der Waals surface area contributed by atoms with Crippen molar-refractivity contribution in [1.29, 1.82) is 0 Å². The highest BCUT2D eigenvalue weighted by Gasteiger charge is 2.27. The Kier molecular flexibility index (Phi) is 5.51. The lowest BCUT2D eigenvalue weighted by Gasteiger charge is -2.35. The third-order valence-electron chi connectivity index (χ3n) is 6.02. The van der Waals surface area contributed by atoms with Crippen LogP contribution in [-0.4, -0.2) is 37.1 Å². The van der Waals surface area contributed by atoms with Gasteiger partial charge in [0.2, 0.25) is 0 Å². The molecule has 0 atom stereocenters. The monoisotopic (exact) mass is 382 g/mol. The molecule has 28 heavy (non-hydrogen) atoms. The fourth-order valence-electron chi connectivity index (χ4n) is 4.35. The van der Waals surface area contributed by atoms with Gasteiger partial charge in [0.15, 0.2) is 5.78 Å². The molecule has 2 aromatic rings. The first kappa shape index (κ1) is 18.8. The van der Waals surface area contributed by atoms with Crippen molar-refractivity contribution in [2.75, 3.05) is 36.0 Å². The normalized spacial score (nSPS) is 18.3. The number of piperidine rings is 2. The van der Waals surface area contributed by atoms with Crippen LogP contribution in [0.5, 0.6) is 5.75 Å². The van der Waals surface area contributed by atoms with Gasteiger partial charge in [0.25, 0.3) is 0 Å². The summed E-state index contributed by atoms with van der Waals surface area (Å²) in [6.07, 6.45) is 5.20. The first-order valence-electron chi connectivity index (χ1n) is 10.2. The van der Waals surface area contributed by atoms with Crippen molar-refractivity contribution in [2.24, 2.45) is 5.92 Å². The van der Waals surface area contributed by atoms with Crippen LogP contribution in [-0.2, 0) is 0 Å². The molecule has 4 nitrogen and oxygen atoms in total. The third-order valence-corrected chi connectivity index (χ3v) is 6.02. The number of phenols is 1. The number of carbonyl (C=O) groups excluding carboxylic acids is 1. The van der Waals surface area contributed by atoms with E-state index in [1.165, 1.54) is 31.4 Å². The van der Waals surface area contributed by atoms with Crippen molar-refractivity contribution >= 4 is 17.2 Å². The predicted octanol–water partition coefficient (Wildman–Crippen LogP) is 4.62. The molecule has 0 aliphatic carbocycles. The van der Waals surface area contributed by atoms with E-state index in [1.54, 1.807) is 18.2 Å². The van der Waals surface area contributed by atoms with Gasteiger partial charge in [0.1, 0.15) is 11.6 Å². The topological polar surface area (TPSA) is 43.8 Å². The van der Waals surface area contributed by atoms with E-state index in [9.17, 15) is 14.3 Å². The molecule has 5 heteroatoms. The summed E-state index contributed by atoms with van der Waals surface area (Å²) in [5.41, 5.74) is 2.60. The first-order valence-corrected chi connectivity index (χ1v) is 10.2. The minimum absolute atomic E-state index is 0.0471. The Balaban J connectivity index is 1.43. The van der Waals surface area contributed by atoms with Gasteiger partial charge in [0, 0.05) is 43.3 Å². The lowest BCUT2D eigenvalue weighted by atomic mass is 9.88. The van der Waals surface area contributed by atoms with Crippen LogP contribution in [0.2, 0.25) is 0 Å². The van der Waals surface area contributed by atoms with Crippen molar-refractivity contribution in [3.05, 3.63) is 53.8 Å². The molecule has 0 radical (unpaired) electrons. The van der Waals surface area contributed by atoms with E-state index in [0.29, 0.717) is 11.3 Å². The molecule has 2 heterocycles. The van der Waals surface area contributed by atoms with Gasteiger partial charge in [-0.05, 0) is 74.6 Å². The average Bonchev–Trinajstić information content (AvgIpc) is 2.75. The maximum Gasteiger partial charge on any atom is 0.166 e. The van der Waals surface area contributed by atoms with E-state index >= 15 is 0 Å². The van der Waals surface area contributed by atoms with Gasteiger partial charge >= 0.3 is 0 Å². The van der Waals surface area contributed by atoms with E-state index in [-0.39, 0.29) is 17.5 Å². The molecule has 148 valence electrons. The summed E-state index contributed by atoms with van der Waals surface area (Å²) in [5.74, 6) is 0.0135. The zero-order valence-electron chi connectivity index (χ0n) is 16.1. The van der Waals surface area contributed by atoms with Crippen LogP contribution in [0.25, 0.3) is 0 Å². The van der Waals surface area contributed by atoms with Crippen LogP contribution in [0, 0.1) is 11.7 Å². The lowest BCUT2D eigenvalue weighted by Crippen LogP contribution is -2.36. The van der Waals surface area contributed by atoms with Crippen LogP contribution < -0.4 is 9.80 Å². The van der Waals surface area contributed by atoms with Crippen LogP contribution in [0.3, 0.4) is 0 Å². The summed E-state index contributed by atoms with van der Waals surface area (Å²) in [6, 6.07) is 11.7. The lowest BCUT2D eigenvalue weighted by molar-refractivity contribution is 0.0900. The quantitative estimate of drug-likeness (QED) is 0.784. The summed E-state index contributed by atoms with van der Waals surface area (Å²) in [7, 11) is 0. The standard InChI is InChI=1S/C23H27FN2O2/c24-19-6-4-17(5-7-19)23(28)18-10-14-26(15-11-18)21-16-20(8-9-22(21)27)25-12-2-1-3-13-25/h4-9,16,18,27H,1-3,10-15H2. The number of benzene rings is 2. The molecule has 1 N–H and O–H groups in total. The van der Waals surface area contributed by atoms with Gasteiger partial charge in [-0.3, -0.25) is 4.79 Å². The largest absolute Gasteiger partial charge is 0.506 e. The molecule has 0 unspecified atom stereocenters. The molecule has 2 saturated heterocycles. The number of hydrogen-bond acceptors (Lipinski definition) is 4. The average molecular weight is 382 g/mol. The molecular formula is C23H27FN2O2. The van der Waals surface area contributed by atoms with Gasteiger partial charge in [-0.15, -0.1) is 0 Å². The minimum atomic E-state index is -0.324. The molecule has 4 rings (SSSR count). The van der Waals surface area contributed by atoms with Crippen LogP contribution in [0.4, 0.5) is 15.8 Å². The number of anilines is 2. The number of nitrogens with zero attached hydrogens (tertiary/aromatic N) is 2. The molecule has 0 amide bonds. The molecule has 2 fully saturated rings. The Bertz CT molecular complexity index is 823. The highest BCUT2D eigenvalue weighted by Crippen LogP contribution is 2.35. The fraction of sp³-hybridized carbons (Fsp3) is 0.435. The highest BCUT2D eigenvalue weighted by molar-refractivity contribution is 5.98. The molecule has 0 bridgehead atoms. The number of carbonyl (C=O) groups is 1. The molecule has 0 spiro atoms. The molecular weight excluding hydrogens is 355 g/mol. The predicted molar refractivity (Wildman–Crippen MR) is 110 cm³/mol. The Morgan fingerprint density at radius 1 is 0.893 bits per heavy atom. The first-order chi connectivity index (χ1) is 13.6. The van der Waals surface area contributed by atoms with Crippen molar-refractivity contribution in [2.45, 2.75) is 32.1 Å². The Hall–Kier alpha value is -2.56. The van der Waals surface area contributed by atoms with E-state index in [0.717, 1.165) is 50.4 Å². The number of rotatable bonds is 4. The number of aromatic hydroxyl groups is 1. The maximum atomic E-state index is 13.1. The third kappa shape index (κ3) is 3.98. The minimum Gasteiger partial charge on any atom is -0.506 e. The summed E-state index contributed by atoms with van der Waals surface area (Å²) < 4.78 is 13.1. The number of Topliss-reactive ketones (excluding diaryl/α,β-unsaturated/α-hetero) is 1. The summed E-state index contributed by atoms with van der Waals surface area (Å²) >= 11 is 0. The highest BCUT2D eigenvalue weighted by atomic mass is 19.1. The summed E-state index contributed by atoms with van der Waals surface area (Å²) in [6.45, 7) is 3.60. The number of halogens is 1. The summed E-state index contributed by atoms with van der Waals surface area (Å²) in [4.78, 5) is 17.2. The molecule has 0 saturated carbocycles. The van der Waals surface area contributed by atoms with Crippen molar-refractivity contribution in [3.8, 4) is 5.75 Å². The SMILES string of the molecule is O=C(c1ccc(F)cc1)C1CCN(c2cc(N3CCCCC3)ccc2O)CC1. The van der Waals surface area contributed by atoms with Crippen LogP contribution in [0.1, 0.15) is 42.5 Å².